The second kappa shape index (κ2) is 6.24. The molecule has 1 saturated carbocycles. The van der Waals surface area contributed by atoms with Crippen molar-refractivity contribution in [1.29, 1.82) is 0 Å². The van der Waals surface area contributed by atoms with Gasteiger partial charge in [-0.2, -0.15) is 0 Å². The normalized spacial score (nSPS) is 24.6. The molecule has 0 N–H and O–H groups in total. The van der Waals surface area contributed by atoms with Gasteiger partial charge < -0.3 is 4.90 Å². The second-order valence-electron chi connectivity index (χ2n) is 6.78. The molecule has 0 saturated heterocycles. The van der Waals surface area contributed by atoms with Crippen LogP contribution < -0.4 is 0 Å². The zero-order valence-electron chi connectivity index (χ0n) is 13.7. The summed E-state index contributed by atoms with van der Waals surface area (Å²) in [6.07, 6.45) is 3.59. The molecule has 2 aliphatic rings. The molecule has 2 atom stereocenters. The van der Waals surface area contributed by atoms with Gasteiger partial charge in [0.1, 0.15) is 0 Å². The Morgan fingerprint density at radius 2 is 1.83 bits per heavy atom. The van der Waals surface area contributed by atoms with Crippen molar-refractivity contribution < 1.29 is 13.2 Å². The van der Waals surface area contributed by atoms with E-state index in [1.807, 2.05) is 12.1 Å². The third kappa shape index (κ3) is 3.43. The van der Waals surface area contributed by atoms with Gasteiger partial charge in [0.25, 0.3) is 0 Å². The molecule has 1 aliphatic heterocycles. The summed E-state index contributed by atoms with van der Waals surface area (Å²) in [6.45, 7) is 1.92. The van der Waals surface area contributed by atoms with Gasteiger partial charge in [0, 0.05) is 32.4 Å². The van der Waals surface area contributed by atoms with Crippen molar-refractivity contribution in [1.82, 2.24) is 9.80 Å². The van der Waals surface area contributed by atoms with Crippen LogP contribution in [0.4, 0.5) is 0 Å². The molecule has 2 unspecified atom stereocenters. The minimum atomic E-state index is -3.11. The van der Waals surface area contributed by atoms with Crippen LogP contribution in [0.2, 0.25) is 0 Å². The van der Waals surface area contributed by atoms with Crippen LogP contribution >= 0.6 is 0 Å². The van der Waals surface area contributed by atoms with E-state index in [4.69, 9.17) is 0 Å². The molecule has 1 aromatic rings. The van der Waals surface area contributed by atoms with E-state index in [9.17, 15) is 13.2 Å². The van der Waals surface area contributed by atoms with Crippen LogP contribution in [-0.2, 0) is 27.7 Å². The first kappa shape index (κ1) is 16.5. The predicted molar refractivity (Wildman–Crippen MR) is 89.6 cm³/mol. The molecule has 0 radical (unpaired) electrons. The van der Waals surface area contributed by atoms with Crippen molar-refractivity contribution in [3.05, 3.63) is 35.4 Å². The smallest absolute Gasteiger partial charge is 0.236 e. The van der Waals surface area contributed by atoms with Gasteiger partial charge in [-0.3, -0.25) is 9.69 Å². The number of nitrogens with zero attached hydrogens (tertiary/aromatic N) is 2. The number of carbonyl (C=O) groups excluding carboxylic acids is 1. The quantitative estimate of drug-likeness (QED) is 0.834. The predicted octanol–water partition coefficient (Wildman–Crippen LogP) is 1.43. The van der Waals surface area contributed by atoms with Gasteiger partial charge in [0.2, 0.25) is 5.91 Å². The molecule has 3 rings (SSSR count). The highest BCUT2D eigenvalue weighted by atomic mass is 32.2. The number of fused-ring (bicyclic) bond motifs is 1. The fraction of sp³-hybridized carbons (Fsp3) is 0.588. The first-order valence-electron chi connectivity index (χ1n) is 8.10. The lowest BCUT2D eigenvalue weighted by molar-refractivity contribution is -0.133. The summed E-state index contributed by atoms with van der Waals surface area (Å²) in [4.78, 5) is 16.4. The van der Waals surface area contributed by atoms with Crippen molar-refractivity contribution in [3.63, 3.8) is 0 Å². The van der Waals surface area contributed by atoms with Crippen LogP contribution in [0.3, 0.4) is 0 Å². The molecular weight excluding hydrogens is 312 g/mol. The zero-order valence-corrected chi connectivity index (χ0v) is 14.6. The third-order valence-electron chi connectivity index (χ3n) is 5.12. The average Bonchev–Trinajstić information content (AvgIpc) is 3.11. The SMILES string of the molecule is CN(C(=O)CN1Cc2ccccc2C1)C1CCCC1S(C)(=O)=O. The van der Waals surface area contributed by atoms with E-state index in [1.54, 1.807) is 11.9 Å². The van der Waals surface area contributed by atoms with Crippen LogP contribution in [0.5, 0.6) is 0 Å². The van der Waals surface area contributed by atoms with Gasteiger partial charge in [-0.25, -0.2) is 8.42 Å². The molecular formula is C17H24N2O3S. The largest absolute Gasteiger partial charge is 0.340 e. The van der Waals surface area contributed by atoms with E-state index >= 15 is 0 Å². The van der Waals surface area contributed by atoms with Gasteiger partial charge in [-0.1, -0.05) is 24.3 Å². The number of carbonyl (C=O) groups is 1. The summed E-state index contributed by atoms with van der Waals surface area (Å²) in [7, 11) is -1.36. The van der Waals surface area contributed by atoms with E-state index in [2.05, 4.69) is 17.0 Å². The lowest BCUT2D eigenvalue weighted by Gasteiger charge is -2.30. The molecule has 0 bridgehead atoms. The first-order chi connectivity index (χ1) is 10.9. The van der Waals surface area contributed by atoms with Gasteiger partial charge in [0.05, 0.1) is 11.8 Å². The Bertz CT molecular complexity index is 677. The van der Waals surface area contributed by atoms with Crippen LogP contribution in [0.15, 0.2) is 24.3 Å². The number of amides is 1. The maximum Gasteiger partial charge on any atom is 0.236 e. The molecule has 1 amide bonds. The summed E-state index contributed by atoms with van der Waals surface area (Å²) in [5, 5.41) is -0.410. The molecule has 1 aliphatic carbocycles. The Morgan fingerprint density at radius 3 is 2.39 bits per heavy atom. The van der Waals surface area contributed by atoms with Crippen molar-refractivity contribution in [2.45, 2.75) is 43.6 Å². The van der Waals surface area contributed by atoms with Crippen molar-refractivity contribution in [2.24, 2.45) is 0 Å². The Balaban J connectivity index is 1.63. The van der Waals surface area contributed by atoms with E-state index in [0.29, 0.717) is 13.0 Å². The standard InChI is InChI=1S/C17H24N2O3S/c1-18(15-8-5-9-16(15)23(2,21)22)17(20)12-19-10-13-6-3-4-7-14(13)11-19/h3-4,6-7,15-16H,5,8-12H2,1-2H3. The molecule has 1 fully saturated rings. The number of sulfone groups is 1. The Morgan fingerprint density at radius 1 is 1.22 bits per heavy atom. The van der Waals surface area contributed by atoms with E-state index in [0.717, 1.165) is 25.9 Å². The van der Waals surface area contributed by atoms with Crippen LogP contribution in [0, 0.1) is 0 Å². The summed E-state index contributed by atoms with van der Waals surface area (Å²) < 4.78 is 23.8. The van der Waals surface area contributed by atoms with Crippen LogP contribution in [0.1, 0.15) is 30.4 Å². The van der Waals surface area contributed by atoms with Crippen molar-refractivity contribution in [3.8, 4) is 0 Å². The van der Waals surface area contributed by atoms with E-state index < -0.39 is 15.1 Å². The highest BCUT2D eigenvalue weighted by molar-refractivity contribution is 7.91. The molecule has 126 valence electrons. The minimum Gasteiger partial charge on any atom is -0.340 e. The number of hydrogen-bond acceptors (Lipinski definition) is 4. The number of likely N-dealkylation sites (N-methyl/N-ethyl adjacent to an activating group) is 1. The van der Waals surface area contributed by atoms with Gasteiger partial charge in [0.15, 0.2) is 9.84 Å². The maximum atomic E-state index is 12.6. The fourth-order valence-corrected chi connectivity index (χ4v) is 5.34. The highest BCUT2D eigenvalue weighted by Crippen LogP contribution is 2.29. The molecule has 0 spiro atoms. The second-order valence-corrected chi connectivity index (χ2v) is 9.05. The Labute approximate surface area is 138 Å². The average molecular weight is 336 g/mol. The summed E-state index contributed by atoms with van der Waals surface area (Å²) in [6, 6.07) is 8.06. The number of benzene rings is 1. The van der Waals surface area contributed by atoms with Gasteiger partial charge in [-0.05, 0) is 30.4 Å². The number of hydrogen-bond donors (Lipinski definition) is 0. The summed E-state index contributed by atoms with van der Waals surface area (Å²) in [5.41, 5.74) is 2.55. The summed E-state index contributed by atoms with van der Waals surface area (Å²) >= 11 is 0. The lowest BCUT2D eigenvalue weighted by atomic mass is 10.1. The highest BCUT2D eigenvalue weighted by Gasteiger charge is 2.39. The molecule has 23 heavy (non-hydrogen) atoms. The fourth-order valence-electron chi connectivity index (χ4n) is 3.85. The van der Waals surface area contributed by atoms with Crippen molar-refractivity contribution in [2.75, 3.05) is 19.8 Å². The molecule has 6 heteroatoms. The molecule has 1 aromatic carbocycles. The zero-order chi connectivity index (χ0) is 16.6. The molecule has 5 nitrogen and oxygen atoms in total. The minimum absolute atomic E-state index is 0.0124. The van der Waals surface area contributed by atoms with Gasteiger partial charge in [-0.15, -0.1) is 0 Å². The van der Waals surface area contributed by atoms with Gasteiger partial charge >= 0.3 is 0 Å². The monoisotopic (exact) mass is 336 g/mol. The van der Waals surface area contributed by atoms with E-state index in [1.165, 1.54) is 17.4 Å². The van der Waals surface area contributed by atoms with Crippen LogP contribution in [-0.4, -0.2) is 55.3 Å². The summed E-state index contributed by atoms with van der Waals surface area (Å²) in [5.74, 6) is 0.0124. The molecule has 0 aromatic heterocycles. The van der Waals surface area contributed by atoms with E-state index in [-0.39, 0.29) is 11.9 Å². The first-order valence-corrected chi connectivity index (χ1v) is 10.1. The Kier molecular flexibility index (Phi) is 4.47. The van der Waals surface area contributed by atoms with Crippen molar-refractivity contribution >= 4 is 15.7 Å². The Hall–Kier alpha value is -1.40. The number of rotatable bonds is 4. The maximum absolute atomic E-state index is 12.6. The molecule has 1 heterocycles. The third-order valence-corrected chi connectivity index (χ3v) is 6.77. The topological polar surface area (TPSA) is 57.7 Å². The van der Waals surface area contributed by atoms with Crippen LogP contribution in [0.25, 0.3) is 0 Å². The lowest BCUT2D eigenvalue weighted by Crippen LogP contribution is -2.47.